The molecule has 1 atom stereocenters. The molecule has 0 saturated heterocycles. The van der Waals surface area contributed by atoms with Gasteiger partial charge in [0.1, 0.15) is 6.54 Å². The van der Waals surface area contributed by atoms with Crippen molar-refractivity contribution in [2.45, 2.75) is 32.5 Å². The normalized spacial score (nSPS) is 19.4. The highest BCUT2D eigenvalue weighted by Crippen LogP contribution is 2.26. The summed E-state index contributed by atoms with van der Waals surface area (Å²) in [6.45, 7) is 1.69. The molecule has 0 fully saturated rings. The van der Waals surface area contributed by atoms with Gasteiger partial charge in [0, 0.05) is 22.9 Å². The minimum absolute atomic E-state index is 0.0452. The third-order valence-corrected chi connectivity index (χ3v) is 3.61. The molecule has 0 aliphatic carbocycles. The Morgan fingerprint density at radius 1 is 1.55 bits per heavy atom. The highest BCUT2D eigenvalue weighted by atomic mass is 19.4. The summed E-state index contributed by atoms with van der Waals surface area (Å²) < 4.78 is 38.6. The van der Waals surface area contributed by atoms with Crippen molar-refractivity contribution in [3.8, 4) is 0 Å². The molecule has 2 heterocycles. The molecule has 2 rings (SSSR count). The summed E-state index contributed by atoms with van der Waals surface area (Å²) in [5.41, 5.74) is 1.11. The maximum Gasteiger partial charge on any atom is 0.471 e. The highest BCUT2D eigenvalue weighted by Gasteiger charge is 2.44. The molecule has 1 aromatic heterocycles. The first-order chi connectivity index (χ1) is 9.32. The van der Waals surface area contributed by atoms with E-state index in [0.29, 0.717) is 18.5 Å². The molecule has 1 amide bonds. The van der Waals surface area contributed by atoms with Crippen LogP contribution in [0.1, 0.15) is 24.6 Å². The number of halogens is 3. The smallest absolute Gasteiger partial charge is 0.324 e. The van der Waals surface area contributed by atoms with Gasteiger partial charge in [0.15, 0.2) is 0 Å². The first kappa shape index (κ1) is 14.6. The molecule has 1 aromatic rings. The van der Waals surface area contributed by atoms with Crippen molar-refractivity contribution in [2.75, 3.05) is 6.54 Å². The molecule has 4 nitrogen and oxygen atoms in total. The summed E-state index contributed by atoms with van der Waals surface area (Å²) in [6, 6.07) is 3.40. The molecule has 0 unspecified atom stereocenters. The molecule has 0 spiro atoms. The van der Waals surface area contributed by atoms with E-state index < -0.39 is 12.1 Å². The lowest BCUT2D eigenvalue weighted by atomic mass is 9.97. The second-order valence-electron chi connectivity index (χ2n) is 4.99. The van der Waals surface area contributed by atoms with Gasteiger partial charge in [0.05, 0.1) is 0 Å². The van der Waals surface area contributed by atoms with Gasteiger partial charge >= 0.3 is 12.1 Å². The van der Waals surface area contributed by atoms with Crippen molar-refractivity contribution in [3.05, 3.63) is 29.6 Å². The number of fused-ring (bicyclic) bond motifs is 1. The second kappa shape index (κ2) is 5.30. The van der Waals surface area contributed by atoms with Gasteiger partial charge in [-0.25, -0.2) is 0 Å². The third-order valence-electron chi connectivity index (χ3n) is 3.61. The predicted molar refractivity (Wildman–Crippen MR) is 62.8 cm³/mol. The van der Waals surface area contributed by atoms with E-state index >= 15 is 0 Å². The number of aromatic nitrogens is 1. The highest BCUT2D eigenvalue weighted by molar-refractivity contribution is 5.81. The van der Waals surface area contributed by atoms with Crippen molar-refractivity contribution < 1.29 is 27.9 Å². The van der Waals surface area contributed by atoms with Gasteiger partial charge in [0.25, 0.3) is 5.69 Å². The maximum absolute atomic E-state index is 12.6. The zero-order valence-electron chi connectivity index (χ0n) is 11.0. The first-order valence-corrected chi connectivity index (χ1v) is 6.40. The summed E-state index contributed by atoms with van der Waals surface area (Å²) >= 11 is 0. The van der Waals surface area contributed by atoms with Gasteiger partial charge in [-0.2, -0.15) is 13.2 Å². The standard InChI is InChI=1S/C13H16F3N2O2/c1-2-9-6-10-4-3-5-18(20)11(10)8-17(7-9)12(19)13(14,15)16/h3-5,9,20H,2,6-8H2,1H3/q+1/t9-/m0/s1. The lowest BCUT2D eigenvalue weighted by Crippen LogP contribution is -2.45. The largest absolute Gasteiger partial charge is 0.471 e. The number of alkyl halides is 3. The van der Waals surface area contributed by atoms with E-state index in [0.717, 1.165) is 15.2 Å². The zero-order valence-corrected chi connectivity index (χ0v) is 11.0. The van der Waals surface area contributed by atoms with E-state index in [1.165, 1.54) is 6.20 Å². The van der Waals surface area contributed by atoms with Gasteiger partial charge in [-0.05, 0) is 18.4 Å². The van der Waals surface area contributed by atoms with Gasteiger partial charge in [-0.3, -0.25) is 10.0 Å². The van der Waals surface area contributed by atoms with Crippen LogP contribution < -0.4 is 4.73 Å². The van der Waals surface area contributed by atoms with Crippen molar-refractivity contribution in [1.82, 2.24) is 4.90 Å². The Balaban J connectivity index is 2.37. The van der Waals surface area contributed by atoms with E-state index in [-0.39, 0.29) is 19.0 Å². The monoisotopic (exact) mass is 289 g/mol. The molecule has 7 heteroatoms. The van der Waals surface area contributed by atoms with Crippen LogP contribution in [0.3, 0.4) is 0 Å². The van der Waals surface area contributed by atoms with Crippen LogP contribution in [0.4, 0.5) is 13.2 Å². The second-order valence-corrected chi connectivity index (χ2v) is 4.99. The number of amides is 1. The Hall–Kier alpha value is -1.79. The van der Waals surface area contributed by atoms with E-state index in [2.05, 4.69) is 0 Å². The lowest BCUT2D eigenvalue weighted by molar-refractivity contribution is -0.910. The first-order valence-electron chi connectivity index (χ1n) is 6.40. The Morgan fingerprint density at radius 2 is 2.25 bits per heavy atom. The van der Waals surface area contributed by atoms with Crippen LogP contribution in [-0.4, -0.2) is 28.7 Å². The molecular formula is C13H16F3N2O2+. The fourth-order valence-corrected chi connectivity index (χ4v) is 2.47. The fraction of sp³-hybridized carbons (Fsp3) is 0.538. The SMILES string of the molecule is CC[C@H]1Cc2ccc[n+](O)c2CN(C(=O)C(F)(F)F)C1. The van der Waals surface area contributed by atoms with Crippen molar-refractivity contribution >= 4 is 5.91 Å². The summed E-state index contributed by atoms with van der Waals surface area (Å²) in [5.74, 6) is -1.90. The number of carbonyl (C=O) groups is 1. The molecular weight excluding hydrogens is 273 g/mol. The number of hydrogen-bond donors (Lipinski definition) is 1. The quantitative estimate of drug-likeness (QED) is 0.631. The van der Waals surface area contributed by atoms with Gasteiger partial charge in [-0.1, -0.05) is 13.3 Å². The molecule has 0 aromatic carbocycles. The Morgan fingerprint density at radius 3 is 2.85 bits per heavy atom. The minimum Gasteiger partial charge on any atom is -0.324 e. The van der Waals surface area contributed by atoms with Crippen molar-refractivity contribution in [3.63, 3.8) is 0 Å². The summed E-state index contributed by atoms with van der Waals surface area (Å²) in [7, 11) is 0. The zero-order chi connectivity index (χ0) is 14.9. The summed E-state index contributed by atoms with van der Waals surface area (Å²) in [5, 5.41) is 9.74. The van der Waals surface area contributed by atoms with Crippen LogP contribution in [0.5, 0.6) is 0 Å². The van der Waals surface area contributed by atoms with Crippen LogP contribution in [-0.2, 0) is 17.8 Å². The van der Waals surface area contributed by atoms with Crippen LogP contribution in [0.15, 0.2) is 18.3 Å². The minimum atomic E-state index is -4.89. The number of nitrogens with zero attached hydrogens (tertiary/aromatic N) is 2. The van der Waals surface area contributed by atoms with E-state index in [4.69, 9.17) is 0 Å². The molecule has 1 N–H and O–H groups in total. The summed E-state index contributed by atoms with van der Waals surface area (Å²) in [4.78, 5) is 12.2. The van der Waals surface area contributed by atoms with Crippen LogP contribution >= 0.6 is 0 Å². The van der Waals surface area contributed by atoms with E-state index in [1.54, 1.807) is 12.1 Å². The van der Waals surface area contributed by atoms with Gasteiger partial charge in [-0.15, -0.1) is 0 Å². The Bertz CT molecular complexity index is 517. The topological polar surface area (TPSA) is 44.4 Å². The average Bonchev–Trinajstić information content (AvgIpc) is 2.56. The maximum atomic E-state index is 12.6. The molecule has 1 aliphatic rings. The lowest BCUT2D eigenvalue weighted by Gasteiger charge is -2.23. The van der Waals surface area contributed by atoms with Crippen LogP contribution in [0.25, 0.3) is 0 Å². The molecule has 1 aliphatic heterocycles. The van der Waals surface area contributed by atoms with Crippen LogP contribution in [0.2, 0.25) is 0 Å². The average molecular weight is 289 g/mol. The molecule has 110 valence electrons. The summed E-state index contributed by atoms with van der Waals surface area (Å²) in [6.07, 6.45) is -2.32. The third kappa shape index (κ3) is 2.86. The molecule has 0 radical (unpaired) electrons. The van der Waals surface area contributed by atoms with Crippen molar-refractivity contribution in [1.29, 1.82) is 0 Å². The molecule has 0 bridgehead atoms. The fourth-order valence-electron chi connectivity index (χ4n) is 2.47. The van der Waals surface area contributed by atoms with Crippen LogP contribution in [0, 0.1) is 5.92 Å². The number of hydrogen-bond acceptors (Lipinski definition) is 2. The molecule has 20 heavy (non-hydrogen) atoms. The van der Waals surface area contributed by atoms with E-state index in [9.17, 15) is 23.2 Å². The Labute approximate surface area is 114 Å². The number of pyridine rings is 1. The molecule has 0 saturated carbocycles. The van der Waals surface area contributed by atoms with Gasteiger partial charge in [0.2, 0.25) is 6.20 Å². The number of rotatable bonds is 1. The van der Waals surface area contributed by atoms with E-state index in [1.807, 2.05) is 6.92 Å². The predicted octanol–water partition coefficient (Wildman–Crippen LogP) is 1.68. The Kier molecular flexibility index (Phi) is 3.87. The van der Waals surface area contributed by atoms with Gasteiger partial charge < -0.3 is 4.90 Å². The number of carbonyl (C=O) groups excluding carboxylic acids is 1. The van der Waals surface area contributed by atoms with Crippen molar-refractivity contribution in [2.24, 2.45) is 5.92 Å².